The zero-order chi connectivity index (χ0) is 20.7. The molecule has 1 aromatic heterocycles. The van der Waals surface area contributed by atoms with E-state index in [2.05, 4.69) is 15.3 Å². The normalized spacial score (nSPS) is 20.7. The molecule has 2 unspecified atom stereocenters. The highest BCUT2D eigenvalue weighted by atomic mass is 35.5. The van der Waals surface area contributed by atoms with Crippen molar-refractivity contribution in [2.24, 2.45) is 0 Å². The molecule has 30 heavy (non-hydrogen) atoms. The number of aliphatic hydroxyl groups is 1. The molecule has 9 heteroatoms. The maximum absolute atomic E-state index is 12.9. The number of β-amino-alcohol motifs (C(OH)–C–C–N with tert-alkyl or cyclic N) is 1. The van der Waals surface area contributed by atoms with E-state index in [1.807, 2.05) is 35.2 Å². The molecule has 0 spiro atoms. The lowest BCUT2D eigenvalue weighted by Gasteiger charge is -2.23. The molecule has 0 bridgehead atoms. The molecule has 1 saturated heterocycles. The predicted molar refractivity (Wildman–Crippen MR) is 110 cm³/mol. The first-order valence-corrected chi connectivity index (χ1v) is 10.2. The van der Waals surface area contributed by atoms with Crippen molar-refractivity contribution in [1.82, 2.24) is 20.2 Å². The Morgan fingerprint density at radius 1 is 1.30 bits per heavy atom. The smallest absolute Gasteiger partial charge is 0.237 e. The van der Waals surface area contributed by atoms with Crippen molar-refractivity contribution in [1.29, 1.82) is 0 Å². The molecule has 5 rings (SSSR count). The molecule has 2 aromatic carbocycles. The Kier molecular flexibility index (Phi) is 4.98. The average molecular weight is 429 g/mol. The maximum Gasteiger partial charge on any atom is 0.237 e. The summed E-state index contributed by atoms with van der Waals surface area (Å²) in [6.45, 7) is 1.28. The number of hydrogen-bond acceptors (Lipinski definition) is 6. The lowest BCUT2D eigenvalue weighted by molar-refractivity contribution is -0.125. The fraction of sp³-hybridized carbons (Fsp3) is 0.333. The standard InChI is InChI=1S/C21H21ClN4O4/c22-14-7-19-18(29-11-30-19)5-12(14)9-26-10-13(27)6-17(26)21(28)23-8-20-24-15-3-1-2-4-16(15)25-20/h1-5,7,13,17,27H,6,8-11H2,(H,23,28)(H,24,25). The van der Waals surface area contributed by atoms with Crippen molar-refractivity contribution in [3.63, 3.8) is 0 Å². The molecule has 2 atom stereocenters. The van der Waals surface area contributed by atoms with Gasteiger partial charge < -0.3 is 24.9 Å². The van der Waals surface area contributed by atoms with Crippen molar-refractivity contribution in [3.05, 3.63) is 52.8 Å². The second-order valence-corrected chi connectivity index (χ2v) is 7.96. The molecule has 156 valence electrons. The van der Waals surface area contributed by atoms with E-state index < -0.39 is 12.1 Å². The van der Waals surface area contributed by atoms with Crippen LogP contribution in [0.25, 0.3) is 11.0 Å². The molecule has 0 saturated carbocycles. The van der Waals surface area contributed by atoms with Crippen molar-refractivity contribution < 1.29 is 19.4 Å². The number of para-hydroxylation sites is 2. The number of nitrogens with zero attached hydrogens (tertiary/aromatic N) is 2. The Bertz CT molecular complexity index is 1070. The van der Waals surface area contributed by atoms with E-state index in [1.165, 1.54) is 0 Å². The molecule has 2 aliphatic rings. The van der Waals surface area contributed by atoms with E-state index >= 15 is 0 Å². The summed E-state index contributed by atoms with van der Waals surface area (Å²) in [5.74, 6) is 1.79. The fourth-order valence-electron chi connectivity index (χ4n) is 4.00. The minimum absolute atomic E-state index is 0.149. The fourth-order valence-corrected chi connectivity index (χ4v) is 4.22. The summed E-state index contributed by atoms with van der Waals surface area (Å²) in [5.41, 5.74) is 2.61. The van der Waals surface area contributed by atoms with E-state index in [0.717, 1.165) is 16.6 Å². The monoisotopic (exact) mass is 428 g/mol. The minimum Gasteiger partial charge on any atom is -0.454 e. The summed E-state index contributed by atoms with van der Waals surface area (Å²) in [6.07, 6.45) is -0.201. The molecule has 0 radical (unpaired) electrons. The quantitative estimate of drug-likeness (QED) is 0.576. The molecule has 3 heterocycles. The molecule has 8 nitrogen and oxygen atoms in total. The summed E-state index contributed by atoms with van der Waals surface area (Å²) in [5, 5.41) is 13.7. The number of likely N-dealkylation sites (tertiary alicyclic amines) is 1. The van der Waals surface area contributed by atoms with Crippen LogP contribution in [0.2, 0.25) is 5.02 Å². The van der Waals surface area contributed by atoms with Gasteiger partial charge in [-0.15, -0.1) is 0 Å². The number of hydrogen-bond donors (Lipinski definition) is 3. The molecular formula is C21H21ClN4O4. The third kappa shape index (κ3) is 3.69. The van der Waals surface area contributed by atoms with Crippen molar-refractivity contribution in [3.8, 4) is 11.5 Å². The molecule has 3 N–H and O–H groups in total. The van der Waals surface area contributed by atoms with Gasteiger partial charge in [0.05, 0.1) is 29.7 Å². The minimum atomic E-state index is -0.570. The van der Waals surface area contributed by atoms with Crippen LogP contribution in [0.1, 0.15) is 17.8 Å². The lowest BCUT2D eigenvalue weighted by Crippen LogP contribution is -2.42. The van der Waals surface area contributed by atoms with Crippen LogP contribution >= 0.6 is 11.6 Å². The highest BCUT2D eigenvalue weighted by molar-refractivity contribution is 6.31. The maximum atomic E-state index is 12.9. The van der Waals surface area contributed by atoms with Crippen LogP contribution in [-0.4, -0.2) is 51.4 Å². The van der Waals surface area contributed by atoms with Gasteiger partial charge in [-0.2, -0.15) is 0 Å². The number of rotatable bonds is 5. The summed E-state index contributed by atoms with van der Waals surface area (Å²) < 4.78 is 10.8. The topological polar surface area (TPSA) is 99.7 Å². The predicted octanol–water partition coefficient (Wildman–Crippen LogP) is 2.20. The second-order valence-electron chi connectivity index (χ2n) is 7.55. The van der Waals surface area contributed by atoms with Crippen LogP contribution in [0.5, 0.6) is 11.5 Å². The number of nitrogens with one attached hydrogen (secondary N) is 2. The van der Waals surface area contributed by atoms with Crippen LogP contribution < -0.4 is 14.8 Å². The van der Waals surface area contributed by atoms with Gasteiger partial charge >= 0.3 is 0 Å². The Balaban J connectivity index is 1.27. The summed E-state index contributed by atoms with van der Waals surface area (Å²) in [7, 11) is 0. The van der Waals surface area contributed by atoms with Crippen LogP contribution in [0.15, 0.2) is 36.4 Å². The van der Waals surface area contributed by atoms with Gasteiger partial charge in [0, 0.05) is 24.2 Å². The Morgan fingerprint density at radius 2 is 2.10 bits per heavy atom. The molecule has 1 amide bonds. The van der Waals surface area contributed by atoms with Gasteiger partial charge in [-0.05, 0) is 30.2 Å². The number of aliphatic hydroxyl groups excluding tert-OH is 1. The van der Waals surface area contributed by atoms with Crippen LogP contribution in [0.4, 0.5) is 0 Å². The van der Waals surface area contributed by atoms with Gasteiger partial charge in [0.1, 0.15) is 5.82 Å². The van der Waals surface area contributed by atoms with Crippen LogP contribution in [0, 0.1) is 0 Å². The first kappa shape index (κ1) is 19.2. The van der Waals surface area contributed by atoms with Gasteiger partial charge in [0.25, 0.3) is 0 Å². The molecule has 3 aromatic rings. The van der Waals surface area contributed by atoms with E-state index in [9.17, 15) is 9.90 Å². The van der Waals surface area contributed by atoms with E-state index in [0.29, 0.717) is 48.4 Å². The summed E-state index contributed by atoms with van der Waals surface area (Å²) in [4.78, 5) is 22.5. The third-order valence-corrected chi connectivity index (χ3v) is 5.82. The Labute approximate surface area is 177 Å². The lowest BCUT2D eigenvalue weighted by atomic mass is 10.1. The van der Waals surface area contributed by atoms with Gasteiger partial charge in [-0.25, -0.2) is 4.98 Å². The number of carbonyl (C=O) groups excluding carboxylic acids is 1. The van der Waals surface area contributed by atoms with Gasteiger partial charge in [0.2, 0.25) is 12.7 Å². The van der Waals surface area contributed by atoms with E-state index in [-0.39, 0.29) is 12.7 Å². The highest BCUT2D eigenvalue weighted by Crippen LogP contribution is 2.37. The van der Waals surface area contributed by atoms with Crippen molar-refractivity contribution in [2.75, 3.05) is 13.3 Å². The number of aromatic nitrogens is 2. The number of aromatic amines is 1. The number of benzene rings is 2. The molecular weight excluding hydrogens is 408 g/mol. The molecule has 0 aliphatic carbocycles. The van der Waals surface area contributed by atoms with Gasteiger partial charge in [-0.3, -0.25) is 9.69 Å². The number of H-pyrrole nitrogens is 1. The number of ether oxygens (including phenoxy) is 2. The summed E-state index contributed by atoms with van der Waals surface area (Å²) >= 11 is 6.39. The van der Waals surface area contributed by atoms with Crippen molar-refractivity contribution >= 4 is 28.5 Å². The number of amides is 1. The number of carbonyl (C=O) groups is 1. The van der Waals surface area contributed by atoms with Crippen molar-refractivity contribution in [2.45, 2.75) is 31.7 Å². The van der Waals surface area contributed by atoms with Gasteiger partial charge in [-0.1, -0.05) is 23.7 Å². The second kappa shape index (κ2) is 7.79. The highest BCUT2D eigenvalue weighted by Gasteiger charge is 2.36. The van der Waals surface area contributed by atoms with E-state index in [1.54, 1.807) is 6.07 Å². The zero-order valence-electron chi connectivity index (χ0n) is 16.1. The number of fused-ring (bicyclic) bond motifs is 2. The average Bonchev–Trinajstić information content (AvgIpc) is 3.44. The number of imidazole rings is 1. The summed E-state index contributed by atoms with van der Waals surface area (Å²) in [6, 6.07) is 10.8. The first-order chi connectivity index (χ1) is 14.6. The molecule has 1 fully saturated rings. The molecule has 2 aliphatic heterocycles. The van der Waals surface area contributed by atoms with Gasteiger partial charge in [0.15, 0.2) is 11.5 Å². The zero-order valence-corrected chi connectivity index (χ0v) is 16.9. The first-order valence-electron chi connectivity index (χ1n) is 9.78. The SMILES string of the molecule is O=C(NCc1nc2ccccc2[nH]1)C1CC(O)CN1Cc1cc2c(cc1Cl)OCO2. The Hall–Kier alpha value is -2.81. The van der Waals surface area contributed by atoms with Crippen LogP contribution in [-0.2, 0) is 17.9 Å². The third-order valence-electron chi connectivity index (χ3n) is 5.47. The largest absolute Gasteiger partial charge is 0.454 e. The Morgan fingerprint density at radius 3 is 2.93 bits per heavy atom. The number of halogens is 1. The van der Waals surface area contributed by atoms with E-state index in [4.69, 9.17) is 21.1 Å². The van der Waals surface area contributed by atoms with Crippen LogP contribution in [0.3, 0.4) is 0 Å².